The highest BCUT2D eigenvalue weighted by atomic mass is 35.5. The van der Waals surface area contributed by atoms with Crippen LogP contribution < -0.4 is 24.4 Å². The molecule has 0 aliphatic carbocycles. The highest BCUT2D eigenvalue weighted by molar-refractivity contribution is 7.07. The minimum atomic E-state index is -1.10. The maximum absolute atomic E-state index is 13.9. The van der Waals surface area contributed by atoms with E-state index in [-0.39, 0.29) is 17.7 Å². The van der Waals surface area contributed by atoms with Gasteiger partial charge in [0.1, 0.15) is 29.1 Å². The fourth-order valence-electron chi connectivity index (χ4n) is 4.68. The first-order chi connectivity index (χ1) is 20.2. The predicted octanol–water partition coefficient (Wildman–Crippen LogP) is 4.43. The van der Waals surface area contributed by atoms with Gasteiger partial charge in [-0.05, 0) is 56.3 Å². The number of aromatic nitrogens is 1. The van der Waals surface area contributed by atoms with E-state index in [9.17, 15) is 19.5 Å². The van der Waals surface area contributed by atoms with Gasteiger partial charge < -0.3 is 23.7 Å². The number of carbonyl (C=O) groups is 2. The van der Waals surface area contributed by atoms with Gasteiger partial charge in [-0.3, -0.25) is 9.36 Å². The summed E-state index contributed by atoms with van der Waals surface area (Å²) in [6.07, 6.45) is 1.56. The summed E-state index contributed by atoms with van der Waals surface area (Å²) in [6.45, 7) is 3.54. The Morgan fingerprint density at radius 1 is 1.14 bits per heavy atom. The molecule has 1 aliphatic rings. The summed E-state index contributed by atoms with van der Waals surface area (Å²) in [5, 5.41) is 9.67. The number of esters is 1. The van der Waals surface area contributed by atoms with Crippen molar-refractivity contribution in [3.63, 3.8) is 0 Å². The Balaban J connectivity index is 1.66. The number of furan rings is 1. The number of allylic oxidation sites excluding steroid dienone is 1. The van der Waals surface area contributed by atoms with Crippen molar-refractivity contribution in [2.24, 2.45) is 4.99 Å². The summed E-state index contributed by atoms with van der Waals surface area (Å²) in [7, 11) is 3.03. The molecule has 4 aromatic rings. The van der Waals surface area contributed by atoms with Gasteiger partial charge in [0.05, 0.1) is 47.2 Å². The average Bonchev–Trinajstić information content (AvgIpc) is 3.56. The minimum absolute atomic E-state index is 0.0578. The first-order valence-corrected chi connectivity index (χ1v) is 13.9. The van der Waals surface area contributed by atoms with Crippen molar-refractivity contribution in [3.05, 3.63) is 101 Å². The smallest absolute Gasteiger partial charge is 0.338 e. The summed E-state index contributed by atoms with van der Waals surface area (Å²) < 4.78 is 24.0. The van der Waals surface area contributed by atoms with Crippen LogP contribution in [0.1, 0.15) is 41.6 Å². The fraction of sp³-hybridized carbons (Fsp3) is 0.200. The van der Waals surface area contributed by atoms with Crippen LogP contribution in [-0.4, -0.2) is 42.4 Å². The molecule has 2 aromatic carbocycles. The number of carboxylic acids is 1. The first kappa shape index (κ1) is 28.9. The van der Waals surface area contributed by atoms with Crippen molar-refractivity contribution in [1.29, 1.82) is 0 Å². The second-order valence-corrected chi connectivity index (χ2v) is 10.5. The largest absolute Gasteiger partial charge is 0.497 e. The van der Waals surface area contributed by atoms with Crippen molar-refractivity contribution >= 4 is 41.0 Å². The molecule has 0 radical (unpaired) electrons. The Labute approximate surface area is 248 Å². The number of aromatic carboxylic acids is 1. The van der Waals surface area contributed by atoms with Gasteiger partial charge in [0.15, 0.2) is 4.80 Å². The van der Waals surface area contributed by atoms with E-state index < -0.39 is 23.5 Å². The number of nitrogens with zero attached hydrogens (tertiary/aromatic N) is 2. The predicted molar refractivity (Wildman–Crippen MR) is 156 cm³/mol. The number of ether oxygens (including phenoxy) is 3. The Morgan fingerprint density at radius 2 is 1.93 bits per heavy atom. The third-order valence-electron chi connectivity index (χ3n) is 6.63. The van der Waals surface area contributed by atoms with Crippen molar-refractivity contribution in [1.82, 2.24) is 4.57 Å². The van der Waals surface area contributed by atoms with E-state index in [2.05, 4.69) is 4.99 Å². The van der Waals surface area contributed by atoms with Gasteiger partial charge in [-0.2, -0.15) is 0 Å². The third kappa shape index (κ3) is 5.24. The molecule has 0 spiro atoms. The van der Waals surface area contributed by atoms with Gasteiger partial charge in [0.2, 0.25) is 0 Å². The van der Waals surface area contributed by atoms with Crippen LogP contribution in [0.25, 0.3) is 17.4 Å². The molecular formula is C30H25ClN2O8S. The summed E-state index contributed by atoms with van der Waals surface area (Å²) in [4.78, 5) is 43.5. The monoisotopic (exact) mass is 608 g/mol. The summed E-state index contributed by atoms with van der Waals surface area (Å²) in [6, 6.07) is 11.9. The van der Waals surface area contributed by atoms with Gasteiger partial charge >= 0.3 is 11.9 Å². The molecule has 10 nitrogen and oxygen atoms in total. The molecule has 1 atom stereocenters. The second-order valence-electron chi connectivity index (χ2n) is 9.11. The number of thiazole rings is 1. The number of benzene rings is 2. The molecule has 5 rings (SSSR count). The fourth-order valence-corrected chi connectivity index (χ4v) is 5.92. The zero-order chi connectivity index (χ0) is 30.1. The number of methoxy groups -OCH3 is 2. The Bertz CT molecular complexity index is 1930. The zero-order valence-electron chi connectivity index (χ0n) is 23.0. The number of halogens is 1. The lowest BCUT2D eigenvalue weighted by molar-refractivity contribution is -0.139. The molecule has 0 bridgehead atoms. The molecule has 12 heteroatoms. The van der Waals surface area contributed by atoms with Crippen LogP contribution in [0.15, 0.2) is 74.0 Å². The maximum Gasteiger partial charge on any atom is 0.338 e. The normalized spacial score (nSPS) is 14.8. The van der Waals surface area contributed by atoms with E-state index in [0.29, 0.717) is 54.2 Å². The molecule has 0 saturated carbocycles. The van der Waals surface area contributed by atoms with Crippen LogP contribution in [0.5, 0.6) is 11.5 Å². The number of hydrogen-bond donors (Lipinski definition) is 1. The number of fused-ring (bicyclic) bond motifs is 1. The minimum Gasteiger partial charge on any atom is -0.497 e. The van der Waals surface area contributed by atoms with Gasteiger partial charge in [0.25, 0.3) is 5.56 Å². The van der Waals surface area contributed by atoms with Gasteiger partial charge in [-0.15, -0.1) is 0 Å². The van der Waals surface area contributed by atoms with Gasteiger partial charge in [0, 0.05) is 23.3 Å². The lowest BCUT2D eigenvalue weighted by Gasteiger charge is -2.26. The van der Waals surface area contributed by atoms with E-state index in [1.54, 1.807) is 50.3 Å². The van der Waals surface area contributed by atoms with Crippen LogP contribution >= 0.6 is 22.9 Å². The molecule has 2 aromatic heterocycles. The number of carbonyl (C=O) groups excluding carboxylic acids is 1. The number of carboxylic acid groups (broad SMARTS) is 1. The van der Waals surface area contributed by atoms with E-state index in [4.69, 9.17) is 30.2 Å². The Hall–Kier alpha value is -4.61. The van der Waals surface area contributed by atoms with Crippen molar-refractivity contribution in [2.45, 2.75) is 19.9 Å². The van der Waals surface area contributed by atoms with E-state index >= 15 is 0 Å². The van der Waals surface area contributed by atoms with Crippen LogP contribution in [0, 0.1) is 0 Å². The van der Waals surface area contributed by atoms with Gasteiger partial charge in [-0.25, -0.2) is 14.6 Å². The highest BCUT2D eigenvalue weighted by Crippen LogP contribution is 2.37. The zero-order valence-corrected chi connectivity index (χ0v) is 24.5. The quantitative estimate of drug-likeness (QED) is 0.291. The number of hydrogen-bond acceptors (Lipinski definition) is 9. The Kier molecular flexibility index (Phi) is 8.06. The molecule has 0 amide bonds. The molecule has 0 saturated heterocycles. The molecule has 216 valence electrons. The highest BCUT2D eigenvalue weighted by Gasteiger charge is 2.35. The Morgan fingerprint density at radius 3 is 2.62 bits per heavy atom. The molecule has 42 heavy (non-hydrogen) atoms. The summed E-state index contributed by atoms with van der Waals surface area (Å²) in [5.74, 6) is -0.0469. The average molecular weight is 609 g/mol. The standard InChI is InChI=1S/C30H25ClN2O8S/c1-5-40-29(37)25-15(2)32-30-33(26(25)19-9-7-17(38-3)13-23(19)39-4)27(34)24(42-30)14-18-8-11-22(41-18)20-12-16(28(35)36)6-10-21(20)31/h6-14,26H,5H2,1-4H3,(H,35,36)/b24-14-/t26-/m1/s1. The molecule has 0 unspecified atom stereocenters. The van der Waals surface area contributed by atoms with Crippen molar-refractivity contribution in [2.75, 3.05) is 20.8 Å². The van der Waals surface area contributed by atoms with Crippen LogP contribution in [0.3, 0.4) is 0 Å². The lowest BCUT2D eigenvalue weighted by atomic mass is 9.95. The third-order valence-corrected chi connectivity index (χ3v) is 7.94. The van der Waals surface area contributed by atoms with Crippen molar-refractivity contribution in [3.8, 4) is 22.8 Å². The van der Waals surface area contributed by atoms with Crippen LogP contribution in [-0.2, 0) is 9.53 Å². The molecule has 0 fully saturated rings. The SMILES string of the molecule is CCOC(=O)C1=C(C)N=c2s/c(=C\c3ccc(-c4cc(C(=O)O)ccc4Cl)o3)c(=O)n2[C@@H]1c1ccc(OC)cc1OC. The first-order valence-electron chi connectivity index (χ1n) is 12.7. The lowest BCUT2D eigenvalue weighted by Crippen LogP contribution is -2.40. The van der Waals surface area contributed by atoms with Gasteiger partial charge in [-0.1, -0.05) is 22.9 Å². The van der Waals surface area contributed by atoms with E-state index in [0.717, 1.165) is 11.3 Å². The molecule has 1 N–H and O–H groups in total. The molecular weight excluding hydrogens is 584 g/mol. The van der Waals surface area contributed by atoms with E-state index in [1.807, 2.05) is 0 Å². The van der Waals surface area contributed by atoms with Crippen LogP contribution in [0.4, 0.5) is 0 Å². The summed E-state index contributed by atoms with van der Waals surface area (Å²) >= 11 is 7.44. The topological polar surface area (TPSA) is 130 Å². The van der Waals surface area contributed by atoms with Crippen LogP contribution in [0.2, 0.25) is 5.02 Å². The maximum atomic E-state index is 13.9. The second kappa shape index (κ2) is 11.7. The summed E-state index contributed by atoms with van der Waals surface area (Å²) in [5.41, 5.74) is 1.24. The van der Waals surface area contributed by atoms with E-state index in [1.165, 1.54) is 37.0 Å². The molecule has 3 heterocycles. The number of rotatable bonds is 8. The molecule has 1 aliphatic heterocycles. The van der Waals surface area contributed by atoms with Crippen molar-refractivity contribution < 1.29 is 33.3 Å².